The average molecular weight is 224 g/mol. The molecule has 1 aliphatic carbocycles. The van der Waals surface area contributed by atoms with Crippen LogP contribution in [0.15, 0.2) is 11.6 Å². The number of allylic oxidation sites excluding steroid dienone is 1. The van der Waals surface area contributed by atoms with Gasteiger partial charge in [-0.2, -0.15) is 0 Å². The van der Waals surface area contributed by atoms with E-state index in [0.29, 0.717) is 12.5 Å². The van der Waals surface area contributed by atoms with Gasteiger partial charge in [0.2, 0.25) is 5.91 Å². The number of carbonyl (C=O) groups excluding carboxylic acids is 1. The van der Waals surface area contributed by atoms with Crippen molar-refractivity contribution in [3.05, 3.63) is 11.6 Å². The zero-order chi connectivity index (χ0) is 12.0. The number of rotatable bonds is 4. The predicted molar refractivity (Wildman–Crippen MR) is 67.0 cm³/mol. The first-order valence-electron chi connectivity index (χ1n) is 6.29. The Bertz CT molecular complexity index is 251. The number of hydrogen-bond acceptors (Lipinski definition) is 2. The van der Waals surface area contributed by atoms with E-state index in [2.05, 4.69) is 5.32 Å². The minimum Gasteiger partial charge on any atom is -0.348 e. The predicted octanol–water partition coefficient (Wildman–Crippen LogP) is 1.98. The molecular weight excluding hydrogens is 200 g/mol. The lowest BCUT2D eigenvalue weighted by atomic mass is 9.84. The van der Waals surface area contributed by atoms with Gasteiger partial charge in [0.15, 0.2) is 0 Å². The van der Waals surface area contributed by atoms with Crippen molar-refractivity contribution in [3.8, 4) is 0 Å². The number of hydrogen-bond donors (Lipinski definition) is 2. The van der Waals surface area contributed by atoms with Crippen LogP contribution in [-0.4, -0.2) is 18.5 Å². The van der Waals surface area contributed by atoms with Crippen LogP contribution in [0, 0.1) is 5.92 Å². The molecule has 1 aliphatic rings. The Balaban J connectivity index is 2.47. The zero-order valence-electron chi connectivity index (χ0n) is 10.5. The molecule has 0 heterocycles. The summed E-state index contributed by atoms with van der Waals surface area (Å²) in [6.45, 7) is 4.41. The van der Waals surface area contributed by atoms with Gasteiger partial charge in [-0.25, -0.2) is 0 Å². The largest absolute Gasteiger partial charge is 0.348 e. The van der Waals surface area contributed by atoms with Crippen molar-refractivity contribution in [1.29, 1.82) is 0 Å². The van der Waals surface area contributed by atoms with E-state index in [1.807, 2.05) is 13.8 Å². The molecule has 1 fully saturated rings. The van der Waals surface area contributed by atoms with Gasteiger partial charge >= 0.3 is 0 Å². The second kappa shape index (κ2) is 6.69. The van der Waals surface area contributed by atoms with Crippen LogP contribution < -0.4 is 11.1 Å². The summed E-state index contributed by atoms with van der Waals surface area (Å²) < 4.78 is 0. The van der Waals surface area contributed by atoms with Crippen molar-refractivity contribution in [3.63, 3.8) is 0 Å². The SMILES string of the molecule is CC(C)=CC(=O)NC(CN)C1CCCCC1. The van der Waals surface area contributed by atoms with Crippen LogP contribution in [0.5, 0.6) is 0 Å². The highest BCUT2D eigenvalue weighted by Crippen LogP contribution is 2.26. The first kappa shape index (κ1) is 13.2. The van der Waals surface area contributed by atoms with Crippen molar-refractivity contribution >= 4 is 5.91 Å². The molecule has 0 aromatic rings. The van der Waals surface area contributed by atoms with Gasteiger partial charge in [0.1, 0.15) is 0 Å². The lowest BCUT2D eigenvalue weighted by molar-refractivity contribution is -0.117. The molecule has 0 aromatic carbocycles. The third-order valence-corrected chi connectivity index (χ3v) is 3.22. The summed E-state index contributed by atoms with van der Waals surface area (Å²) in [6, 6.07) is 0.156. The van der Waals surface area contributed by atoms with Crippen LogP contribution in [-0.2, 0) is 4.79 Å². The molecule has 3 heteroatoms. The van der Waals surface area contributed by atoms with Crippen LogP contribution in [0.1, 0.15) is 46.0 Å². The van der Waals surface area contributed by atoms with E-state index in [0.717, 1.165) is 5.57 Å². The molecule has 1 unspecified atom stereocenters. The molecule has 0 aliphatic heterocycles. The Morgan fingerprint density at radius 3 is 2.50 bits per heavy atom. The van der Waals surface area contributed by atoms with Crippen molar-refractivity contribution in [2.75, 3.05) is 6.54 Å². The standard InChI is InChI=1S/C13H24N2O/c1-10(2)8-13(16)15-12(9-14)11-6-4-3-5-7-11/h8,11-12H,3-7,9,14H2,1-2H3,(H,15,16). The average Bonchev–Trinajstić information content (AvgIpc) is 2.26. The number of nitrogens with one attached hydrogen (secondary N) is 1. The Morgan fingerprint density at radius 1 is 1.38 bits per heavy atom. The van der Waals surface area contributed by atoms with E-state index >= 15 is 0 Å². The van der Waals surface area contributed by atoms with Crippen LogP contribution >= 0.6 is 0 Å². The van der Waals surface area contributed by atoms with E-state index < -0.39 is 0 Å². The molecule has 1 rings (SSSR count). The number of nitrogens with two attached hydrogens (primary N) is 1. The van der Waals surface area contributed by atoms with Crippen molar-refractivity contribution in [1.82, 2.24) is 5.32 Å². The third kappa shape index (κ3) is 4.35. The summed E-state index contributed by atoms with van der Waals surface area (Å²) in [5, 5.41) is 3.03. The molecule has 0 bridgehead atoms. The van der Waals surface area contributed by atoms with Crippen LogP contribution in [0.25, 0.3) is 0 Å². The molecule has 3 nitrogen and oxygen atoms in total. The molecule has 0 saturated heterocycles. The minimum absolute atomic E-state index is 0.000948. The van der Waals surface area contributed by atoms with Gasteiger partial charge in [-0.1, -0.05) is 24.8 Å². The normalized spacial score (nSPS) is 18.9. The third-order valence-electron chi connectivity index (χ3n) is 3.22. The Kier molecular flexibility index (Phi) is 5.53. The van der Waals surface area contributed by atoms with Gasteiger partial charge in [-0.15, -0.1) is 0 Å². The summed E-state index contributed by atoms with van der Waals surface area (Å²) in [5.74, 6) is 0.578. The van der Waals surface area contributed by atoms with Gasteiger partial charge in [0, 0.05) is 18.7 Å². The lowest BCUT2D eigenvalue weighted by Crippen LogP contribution is -2.45. The van der Waals surface area contributed by atoms with Crippen molar-refractivity contribution in [2.45, 2.75) is 52.0 Å². The van der Waals surface area contributed by atoms with Gasteiger partial charge in [0.25, 0.3) is 0 Å². The van der Waals surface area contributed by atoms with Crippen molar-refractivity contribution in [2.24, 2.45) is 11.7 Å². The Morgan fingerprint density at radius 2 is 2.00 bits per heavy atom. The molecule has 1 saturated carbocycles. The molecule has 0 radical (unpaired) electrons. The van der Waals surface area contributed by atoms with E-state index in [1.54, 1.807) is 6.08 Å². The van der Waals surface area contributed by atoms with E-state index in [9.17, 15) is 4.79 Å². The highest BCUT2D eigenvalue weighted by Gasteiger charge is 2.23. The highest BCUT2D eigenvalue weighted by molar-refractivity contribution is 5.88. The zero-order valence-corrected chi connectivity index (χ0v) is 10.5. The smallest absolute Gasteiger partial charge is 0.244 e. The molecule has 3 N–H and O–H groups in total. The minimum atomic E-state index is 0.000948. The number of amides is 1. The Labute approximate surface area is 98.5 Å². The van der Waals surface area contributed by atoms with Crippen LogP contribution in [0.3, 0.4) is 0 Å². The Hall–Kier alpha value is -0.830. The summed E-state index contributed by atoms with van der Waals surface area (Å²) in [7, 11) is 0. The van der Waals surface area contributed by atoms with Crippen LogP contribution in [0.2, 0.25) is 0 Å². The molecular formula is C13H24N2O. The van der Waals surface area contributed by atoms with E-state index in [-0.39, 0.29) is 11.9 Å². The monoisotopic (exact) mass is 224 g/mol. The lowest BCUT2D eigenvalue weighted by Gasteiger charge is -2.29. The fraction of sp³-hybridized carbons (Fsp3) is 0.769. The van der Waals surface area contributed by atoms with Crippen molar-refractivity contribution < 1.29 is 4.79 Å². The maximum absolute atomic E-state index is 11.6. The fourth-order valence-electron chi connectivity index (χ4n) is 2.39. The number of carbonyl (C=O) groups is 1. The molecule has 16 heavy (non-hydrogen) atoms. The molecule has 0 spiro atoms. The second-order valence-electron chi connectivity index (χ2n) is 4.97. The molecule has 0 aromatic heterocycles. The van der Waals surface area contributed by atoms with E-state index in [4.69, 9.17) is 5.73 Å². The summed E-state index contributed by atoms with van der Waals surface area (Å²) in [6.07, 6.45) is 7.94. The summed E-state index contributed by atoms with van der Waals surface area (Å²) >= 11 is 0. The second-order valence-corrected chi connectivity index (χ2v) is 4.97. The molecule has 92 valence electrons. The van der Waals surface area contributed by atoms with Crippen LogP contribution in [0.4, 0.5) is 0 Å². The highest BCUT2D eigenvalue weighted by atomic mass is 16.1. The molecule has 1 atom stereocenters. The summed E-state index contributed by atoms with van der Waals surface area (Å²) in [4.78, 5) is 11.6. The molecule has 1 amide bonds. The maximum Gasteiger partial charge on any atom is 0.244 e. The first-order valence-corrected chi connectivity index (χ1v) is 6.29. The van der Waals surface area contributed by atoms with Gasteiger partial charge in [0.05, 0.1) is 0 Å². The first-order chi connectivity index (χ1) is 7.63. The van der Waals surface area contributed by atoms with Gasteiger partial charge in [-0.05, 0) is 32.6 Å². The van der Waals surface area contributed by atoms with Gasteiger partial charge < -0.3 is 11.1 Å². The topological polar surface area (TPSA) is 55.1 Å². The maximum atomic E-state index is 11.6. The van der Waals surface area contributed by atoms with E-state index in [1.165, 1.54) is 32.1 Å². The summed E-state index contributed by atoms with van der Waals surface area (Å²) in [5.41, 5.74) is 6.77. The quantitative estimate of drug-likeness (QED) is 0.717. The fourth-order valence-corrected chi connectivity index (χ4v) is 2.39. The van der Waals surface area contributed by atoms with Gasteiger partial charge in [-0.3, -0.25) is 4.79 Å².